The highest BCUT2D eigenvalue weighted by Gasteiger charge is 2.22. The average molecular weight is 410 g/mol. The van der Waals surface area contributed by atoms with Gasteiger partial charge < -0.3 is 19.8 Å². The summed E-state index contributed by atoms with van der Waals surface area (Å²) in [6, 6.07) is 15.6. The van der Waals surface area contributed by atoms with Crippen LogP contribution in [0.15, 0.2) is 48.5 Å². The number of nitrogens with zero attached hydrogens (tertiary/aromatic N) is 1. The molecule has 0 saturated heterocycles. The van der Waals surface area contributed by atoms with Gasteiger partial charge in [-0.2, -0.15) is 0 Å². The molecule has 1 heterocycles. The summed E-state index contributed by atoms with van der Waals surface area (Å²) in [7, 11) is 0. The van der Waals surface area contributed by atoms with Gasteiger partial charge >= 0.3 is 6.09 Å². The minimum absolute atomic E-state index is 0.235. The number of carbonyl (C=O) groups excluding carboxylic acids is 1. The van der Waals surface area contributed by atoms with Gasteiger partial charge in [-0.1, -0.05) is 50.1 Å². The third kappa shape index (κ3) is 6.24. The number of benzene rings is 2. The first-order valence-electron chi connectivity index (χ1n) is 10.5. The zero-order valence-corrected chi connectivity index (χ0v) is 18.2. The van der Waals surface area contributed by atoms with Crippen molar-refractivity contribution < 1.29 is 14.3 Å². The molecule has 6 heteroatoms. The number of aromatic amines is 1. The van der Waals surface area contributed by atoms with Crippen molar-refractivity contribution in [3.05, 3.63) is 59.9 Å². The van der Waals surface area contributed by atoms with Crippen LogP contribution in [0.5, 0.6) is 5.75 Å². The minimum Gasteiger partial charge on any atom is -0.489 e. The van der Waals surface area contributed by atoms with E-state index in [9.17, 15) is 4.79 Å². The van der Waals surface area contributed by atoms with E-state index in [2.05, 4.69) is 17.2 Å². The van der Waals surface area contributed by atoms with Crippen LogP contribution in [0, 0.1) is 0 Å². The summed E-state index contributed by atoms with van der Waals surface area (Å²) in [6.07, 6.45) is 2.36. The number of imidazole rings is 1. The molecule has 0 spiro atoms. The maximum atomic E-state index is 12.3. The number of fused-ring (bicyclic) bond motifs is 1. The predicted octanol–water partition coefficient (Wildman–Crippen LogP) is 5.90. The molecule has 0 aliphatic rings. The van der Waals surface area contributed by atoms with Crippen LogP contribution in [-0.2, 0) is 11.3 Å². The van der Waals surface area contributed by atoms with Gasteiger partial charge in [0.05, 0.1) is 17.1 Å². The monoisotopic (exact) mass is 409 g/mol. The highest BCUT2D eigenvalue weighted by Crippen LogP contribution is 2.24. The number of carbonyl (C=O) groups is 1. The van der Waals surface area contributed by atoms with Gasteiger partial charge in [0, 0.05) is 6.07 Å². The maximum Gasteiger partial charge on any atom is 0.408 e. The highest BCUT2D eigenvalue weighted by atomic mass is 16.6. The first kappa shape index (κ1) is 21.7. The smallest absolute Gasteiger partial charge is 0.408 e. The number of hydrogen-bond donors (Lipinski definition) is 2. The second-order valence-electron chi connectivity index (χ2n) is 8.42. The first-order valence-corrected chi connectivity index (χ1v) is 10.5. The van der Waals surface area contributed by atoms with E-state index < -0.39 is 11.7 Å². The molecule has 0 bridgehead atoms. The molecular weight excluding hydrogens is 378 g/mol. The van der Waals surface area contributed by atoms with Gasteiger partial charge in [0.15, 0.2) is 0 Å². The molecule has 30 heavy (non-hydrogen) atoms. The molecular formula is C24H31N3O3. The van der Waals surface area contributed by atoms with Crippen molar-refractivity contribution in [3.63, 3.8) is 0 Å². The molecule has 1 aromatic heterocycles. The second kappa shape index (κ2) is 9.65. The topological polar surface area (TPSA) is 76.2 Å². The number of nitrogens with one attached hydrogen (secondary N) is 2. The maximum absolute atomic E-state index is 12.3. The lowest BCUT2D eigenvalue weighted by molar-refractivity contribution is 0.0498. The molecule has 2 N–H and O–H groups in total. The van der Waals surface area contributed by atoms with Crippen molar-refractivity contribution in [2.75, 3.05) is 0 Å². The molecule has 3 aromatic rings. The fourth-order valence-corrected chi connectivity index (χ4v) is 3.14. The van der Waals surface area contributed by atoms with Crippen LogP contribution in [0.4, 0.5) is 4.79 Å². The minimum atomic E-state index is -0.543. The van der Waals surface area contributed by atoms with E-state index in [4.69, 9.17) is 14.5 Å². The van der Waals surface area contributed by atoms with E-state index in [0.29, 0.717) is 6.61 Å². The summed E-state index contributed by atoms with van der Waals surface area (Å²) < 4.78 is 11.3. The number of alkyl carbamates (subject to hydrolysis) is 1. The Balaban J connectivity index is 1.74. The Bertz CT molecular complexity index is 961. The first-order chi connectivity index (χ1) is 14.3. The van der Waals surface area contributed by atoms with Gasteiger partial charge in [-0.15, -0.1) is 0 Å². The normalized spacial score (nSPS) is 12.5. The highest BCUT2D eigenvalue weighted by molar-refractivity contribution is 5.77. The Morgan fingerprint density at radius 2 is 1.93 bits per heavy atom. The lowest BCUT2D eigenvalue weighted by Gasteiger charge is -2.22. The van der Waals surface area contributed by atoms with E-state index in [1.807, 2.05) is 69.3 Å². The van der Waals surface area contributed by atoms with Gasteiger partial charge in [-0.3, -0.25) is 0 Å². The summed E-state index contributed by atoms with van der Waals surface area (Å²) in [5.74, 6) is 1.50. The van der Waals surface area contributed by atoms with E-state index in [1.165, 1.54) is 0 Å². The molecule has 160 valence electrons. The molecule has 0 aliphatic carbocycles. The summed E-state index contributed by atoms with van der Waals surface area (Å²) >= 11 is 0. The summed E-state index contributed by atoms with van der Waals surface area (Å²) in [4.78, 5) is 20.3. The quantitative estimate of drug-likeness (QED) is 0.486. The van der Waals surface area contributed by atoms with Gasteiger partial charge in [0.1, 0.15) is 23.8 Å². The Kier molecular flexibility index (Phi) is 6.98. The van der Waals surface area contributed by atoms with Crippen LogP contribution < -0.4 is 10.1 Å². The molecule has 0 unspecified atom stereocenters. The number of amides is 1. The molecule has 0 fully saturated rings. The summed E-state index contributed by atoms with van der Waals surface area (Å²) in [5.41, 5.74) is 2.29. The van der Waals surface area contributed by atoms with E-state index >= 15 is 0 Å². The molecule has 6 nitrogen and oxygen atoms in total. The van der Waals surface area contributed by atoms with Crippen molar-refractivity contribution in [1.82, 2.24) is 15.3 Å². The van der Waals surface area contributed by atoms with Crippen LogP contribution in [-0.4, -0.2) is 21.7 Å². The number of rotatable bonds is 8. The number of H-pyrrole nitrogens is 1. The van der Waals surface area contributed by atoms with Crippen molar-refractivity contribution in [2.45, 2.75) is 65.2 Å². The Labute approximate surface area is 178 Å². The fraction of sp³-hybridized carbons (Fsp3) is 0.417. The number of hydrogen-bond acceptors (Lipinski definition) is 4. The third-order valence-electron chi connectivity index (χ3n) is 4.59. The second-order valence-corrected chi connectivity index (χ2v) is 8.42. The molecule has 0 radical (unpaired) electrons. The van der Waals surface area contributed by atoms with Gasteiger partial charge in [0.2, 0.25) is 0 Å². The van der Waals surface area contributed by atoms with Gasteiger partial charge in [0.25, 0.3) is 0 Å². The zero-order chi connectivity index (χ0) is 21.6. The van der Waals surface area contributed by atoms with Crippen LogP contribution in [0.1, 0.15) is 64.4 Å². The number of aromatic nitrogens is 2. The Hall–Kier alpha value is -3.02. The third-order valence-corrected chi connectivity index (χ3v) is 4.59. The molecule has 2 aromatic carbocycles. The van der Waals surface area contributed by atoms with Crippen LogP contribution in [0.3, 0.4) is 0 Å². The lowest BCUT2D eigenvalue weighted by Crippen LogP contribution is -2.35. The van der Waals surface area contributed by atoms with Crippen LogP contribution in [0.2, 0.25) is 0 Å². The van der Waals surface area contributed by atoms with E-state index in [-0.39, 0.29) is 6.04 Å². The van der Waals surface area contributed by atoms with E-state index in [0.717, 1.165) is 47.4 Å². The zero-order valence-electron chi connectivity index (χ0n) is 18.2. The predicted molar refractivity (Wildman–Crippen MR) is 119 cm³/mol. The summed E-state index contributed by atoms with van der Waals surface area (Å²) in [6.45, 7) is 8.19. The van der Waals surface area contributed by atoms with Crippen LogP contribution >= 0.6 is 0 Å². The van der Waals surface area contributed by atoms with E-state index in [1.54, 1.807) is 0 Å². The Morgan fingerprint density at radius 3 is 2.63 bits per heavy atom. The van der Waals surface area contributed by atoms with Gasteiger partial charge in [-0.25, -0.2) is 9.78 Å². The average Bonchev–Trinajstić information content (AvgIpc) is 3.12. The Morgan fingerprint density at radius 1 is 1.17 bits per heavy atom. The molecule has 1 amide bonds. The number of unbranched alkanes of at least 4 members (excludes halogenated alkanes) is 1. The SMILES string of the molecule is CCCC[C@H](NC(=O)OC(C)(C)C)c1nc2ccc(OCc3ccccc3)cc2[nH]1. The number of ether oxygens (including phenoxy) is 2. The largest absolute Gasteiger partial charge is 0.489 e. The molecule has 0 aliphatic heterocycles. The van der Waals surface area contributed by atoms with Crippen LogP contribution in [0.25, 0.3) is 11.0 Å². The van der Waals surface area contributed by atoms with Crippen molar-refractivity contribution in [2.24, 2.45) is 0 Å². The molecule has 1 atom stereocenters. The van der Waals surface area contributed by atoms with Gasteiger partial charge in [-0.05, 0) is 44.9 Å². The fourth-order valence-electron chi connectivity index (χ4n) is 3.14. The van der Waals surface area contributed by atoms with Crippen molar-refractivity contribution >= 4 is 17.1 Å². The van der Waals surface area contributed by atoms with Crippen molar-refractivity contribution in [1.29, 1.82) is 0 Å². The standard InChI is InChI=1S/C24H31N3O3/c1-5-6-12-20(27-23(28)30-24(2,3)4)22-25-19-14-13-18(15-21(19)26-22)29-16-17-10-8-7-9-11-17/h7-11,13-15,20H,5-6,12,16H2,1-4H3,(H,25,26)(H,27,28)/t20-/m0/s1. The molecule has 0 saturated carbocycles. The summed E-state index contributed by atoms with van der Waals surface area (Å²) in [5, 5.41) is 2.96. The molecule has 3 rings (SSSR count). The van der Waals surface area contributed by atoms with Crippen molar-refractivity contribution in [3.8, 4) is 5.75 Å². The lowest BCUT2D eigenvalue weighted by atomic mass is 10.1.